The van der Waals surface area contributed by atoms with E-state index in [9.17, 15) is 13.6 Å². The Labute approximate surface area is 146 Å². The first-order chi connectivity index (χ1) is 11.9. The number of alkyl halides is 2. The highest BCUT2D eigenvalue weighted by Crippen LogP contribution is 2.30. The summed E-state index contributed by atoms with van der Waals surface area (Å²) in [7, 11) is 0. The van der Waals surface area contributed by atoms with Crippen molar-refractivity contribution in [1.29, 1.82) is 5.26 Å². The fourth-order valence-corrected chi connectivity index (χ4v) is 2.77. The molecule has 1 aromatic heterocycles. The average molecular weight is 367 g/mol. The maximum atomic E-state index is 13.2. The van der Waals surface area contributed by atoms with Gasteiger partial charge in [-0.3, -0.25) is 4.79 Å². The molecule has 130 valence electrons. The number of benzene rings is 1. The predicted molar refractivity (Wildman–Crippen MR) is 86.9 cm³/mol. The lowest BCUT2D eigenvalue weighted by atomic mass is 10.1. The molecule has 25 heavy (non-hydrogen) atoms. The molecule has 0 unspecified atom stereocenters. The summed E-state index contributed by atoms with van der Waals surface area (Å²) >= 11 is 5.87. The van der Waals surface area contributed by atoms with Crippen LogP contribution in [0, 0.1) is 11.3 Å². The van der Waals surface area contributed by atoms with Crippen molar-refractivity contribution in [3.63, 3.8) is 0 Å². The zero-order chi connectivity index (χ0) is 18.1. The molecular weight excluding hydrogens is 354 g/mol. The summed E-state index contributed by atoms with van der Waals surface area (Å²) in [5, 5.41) is 18.7. The fourth-order valence-electron chi connectivity index (χ4n) is 2.60. The second kappa shape index (κ2) is 6.64. The minimum absolute atomic E-state index is 0.112. The molecule has 7 nitrogen and oxygen atoms in total. The number of nitriles is 1. The van der Waals surface area contributed by atoms with Gasteiger partial charge in [0.2, 0.25) is 11.8 Å². The van der Waals surface area contributed by atoms with Crippen LogP contribution in [-0.2, 0) is 0 Å². The summed E-state index contributed by atoms with van der Waals surface area (Å²) in [6, 6.07) is 4.94. The highest BCUT2D eigenvalue weighted by molar-refractivity contribution is 6.31. The third kappa shape index (κ3) is 3.39. The number of nitrogens with one attached hydrogen (secondary N) is 2. The van der Waals surface area contributed by atoms with E-state index in [1.165, 1.54) is 18.2 Å². The SMILES string of the molecule is C[C@H]1C[C@H](C(F)F)n2nc(C(=O)Nc3cc(Cl)ccc3C#N)nc2N1. The van der Waals surface area contributed by atoms with Crippen LogP contribution in [0.5, 0.6) is 0 Å². The predicted octanol–water partition coefficient (Wildman–Crippen LogP) is 3.07. The Bertz CT molecular complexity index is 862. The average Bonchev–Trinajstić information content (AvgIpc) is 2.98. The quantitative estimate of drug-likeness (QED) is 0.870. The number of carbonyl (C=O) groups is 1. The summed E-state index contributed by atoms with van der Waals surface area (Å²) in [5.41, 5.74) is 0.401. The Hall–Kier alpha value is -2.73. The van der Waals surface area contributed by atoms with Crippen LogP contribution in [0.1, 0.15) is 35.6 Å². The number of hydrogen-bond donors (Lipinski definition) is 2. The molecule has 0 spiro atoms. The molecule has 0 radical (unpaired) electrons. The van der Waals surface area contributed by atoms with Crippen molar-refractivity contribution in [1.82, 2.24) is 14.8 Å². The van der Waals surface area contributed by atoms with Crippen LogP contribution in [0.15, 0.2) is 18.2 Å². The third-order valence-corrected chi connectivity index (χ3v) is 4.00. The molecule has 0 bridgehead atoms. The summed E-state index contributed by atoms with van der Waals surface area (Å²) < 4.78 is 27.4. The largest absolute Gasteiger partial charge is 0.352 e. The van der Waals surface area contributed by atoms with Gasteiger partial charge in [-0.05, 0) is 31.5 Å². The third-order valence-electron chi connectivity index (χ3n) is 3.76. The number of anilines is 2. The molecule has 0 aliphatic carbocycles. The van der Waals surface area contributed by atoms with E-state index in [4.69, 9.17) is 16.9 Å². The van der Waals surface area contributed by atoms with Crippen molar-refractivity contribution in [2.75, 3.05) is 10.6 Å². The lowest BCUT2D eigenvalue weighted by Gasteiger charge is -2.28. The van der Waals surface area contributed by atoms with Gasteiger partial charge >= 0.3 is 0 Å². The molecule has 2 aromatic rings. The molecule has 1 aromatic carbocycles. The minimum Gasteiger partial charge on any atom is -0.352 e. The van der Waals surface area contributed by atoms with Crippen LogP contribution in [-0.4, -0.2) is 33.1 Å². The normalized spacial score (nSPS) is 19.0. The van der Waals surface area contributed by atoms with E-state index in [1.54, 1.807) is 6.92 Å². The molecule has 0 saturated carbocycles. The monoisotopic (exact) mass is 366 g/mol. The maximum absolute atomic E-state index is 13.2. The van der Waals surface area contributed by atoms with Gasteiger partial charge in [0.25, 0.3) is 12.3 Å². The molecule has 3 rings (SSSR count). The van der Waals surface area contributed by atoms with Gasteiger partial charge in [-0.15, -0.1) is 5.10 Å². The van der Waals surface area contributed by atoms with Crippen LogP contribution < -0.4 is 10.6 Å². The second-order valence-electron chi connectivity index (χ2n) is 5.64. The number of aromatic nitrogens is 3. The van der Waals surface area contributed by atoms with E-state index in [1.807, 2.05) is 6.07 Å². The summed E-state index contributed by atoms with van der Waals surface area (Å²) in [4.78, 5) is 16.3. The topological polar surface area (TPSA) is 95.6 Å². The van der Waals surface area contributed by atoms with Crippen molar-refractivity contribution in [3.05, 3.63) is 34.6 Å². The van der Waals surface area contributed by atoms with Gasteiger partial charge in [-0.25, -0.2) is 13.5 Å². The highest BCUT2D eigenvalue weighted by Gasteiger charge is 2.34. The molecule has 1 aliphatic rings. The van der Waals surface area contributed by atoms with Gasteiger partial charge < -0.3 is 10.6 Å². The summed E-state index contributed by atoms with van der Waals surface area (Å²) in [6.45, 7) is 1.75. The van der Waals surface area contributed by atoms with Gasteiger partial charge in [0, 0.05) is 11.1 Å². The number of halogens is 3. The first kappa shape index (κ1) is 17.1. The molecule has 0 saturated heterocycles. The van der Waals surface area contributed by atoms with E-state index in [-0.39, 0.29) is 35.5 Å². The number of rotatable bonds is 3. The van der Waals surface area contributed by atoms with Crippen molar-refractivity contribution >= 4 is 29.1 Å². The Balaban J connectivity index is 1.89. The Kier molecular flexibility index (Phi) is 4.55. The molecule has 2 N–H and O–H groups in total. The van der Waals surface area contributed by atoms with E-state index < -0.39 is 18.4 Å². The Morgan fingerprint density at radius 1 is 1.56 bits per heavy atom. The van der Waals surface area contributed by atoms with E-state index in [0.717, 1.165) is 4.68 Å². The first-order valence-corrected chi connectivity index (χ1v) is 7.79. The lowest BCUT2D eigenvalue weighted by molar-refractivity contribution is 0.0662. The van der Waals surface area contributed by atoms with Gasteiger partial charge in [-0.2, -0.15) is 10.2 Å². The standard InChI is InChI=1S/C15H13ClF2N6O/c1-7-4-11(12(17)18)24-15(20-7)22-13(23-24)14(25)21-10-5-9(16)3-2-8(10)6-19/h2-3,5,7,11-12H,4H2,1H3,(H,21,25)(H,20,22,23)/t7-,11+/m0/s1. The van der Waals surface area contributed by atoms with E-state index >= 15 is 0 Å². The number of amides is 1. The molecule has 1 amide bonds. The molecule has 10 heteroatoms. The number of hydrogen-bond acceptors (Lipinski definition) is 5. The van der Waals surface area contributed by atoms with E-state index in [0.29, 0.717) is 5.02 Å². The van der Waals surface area contributed by atoms with E-state index in [2.05, 4.69) is 20.7 Å². The van der Waals surface area contributed by atoms with Crippen molar-refractivity contribution < 1.29 is 13.6 Å². The number of fused-ring (bicyclic) bond motifs is 1. The van der Waals surface area contributed by atoms with Crippen LogP contribution in [0.2, 0.25) is 5.02 Å². The lowest BCUT2D eigenvalue weighted by Crippen LogP contribution is -2.33. The molecule has 2 heterocycles. The smallest absolute Gasteiger partial charge is 0.295 e. The zero-order valence-corrected chi connectivity index (χ0v) is 13.8. The minimum atomic E-state index is -2.63. The van der Waals surface area contributed by atoms with Crippen LogP contribution in [0.3, 0.4) is 0 Å². The second-order valence-corrected chi connectivity index (χ2v) is 6.08. The Morgan fingerprint density at radius 3 is 3.00 bits per heavy atom. The number of nitrogens with zero attached hydrogens (tertiary/aromatic N) is 4. The number of carbonyl (C=O) groups excluding carboxylic acids is 1. The van der Waals surface area contributed by atoms with Crippen molar-refractivity contribution in [2.24, 2.45) is 0 Å². The first-order valence-electron chi connectivity index (χ1n) is 7.41. The van der Waals surface area contributed by atoms with Crippen molar-refractivity contribution in [3.8, 4) is 6.07 Å². The fraction of sp³-hybridized carbons (Fsp3) is 0.333. The molecule has 0 fully saturated rings. The molecule has 1 aliphatic heterocycles. The van der Waals surface area contributed by atoms with Gasteiger partial charge in [0.15, 0.2) is 0 Å². The van der Waals surface area contributed by atoms with Gasteiger partial charge in [0.05, 0.1) is 11.3 Å². The molecular formula is C15H13ClF2N6O. The van der Waals surface area contributed by atoms with Gasteiger partial charge in [-0.1, -0.05) is 11.6 Å². The maximum Gasteiger partial charge on any atom is 0.295 e. The highest BCUT2D eigenvalue weighted by atomic mass is 35.5. The zero-order valence-electron chi connectivity index (χ0n) is 13.0. The van der Waals surface area contributed by atoms with Crippen LogP contribution in [0.25, 0.3) is 0 Å². The summed E-state index contributed by atoms with van der Waals surface area (Å²) in [6.07, 6.45) is -2.46. The van der Waals surface area contributed by atoms with Crippen LogP contribution >= 0.6 is 11.6 Å². The van der Waals surface area contributed by atoms with Crippen LogP contribution in [0.4, 0.5) is 20.4 Å². The van der Waals surface area contributed by atoms with Gasteiger partial charge in [0.1, 0.15) is 12.1 Å². The van der Waals surface area contributed by atoms with Crippen molar-refractivity contribution in [2.45, 2.75) is 31.9 Å². The Morgan fingerprint density at radius 2 is 2.32 bits per heavy atom. The molecule has 2 atom stereocenters. The summed E-state index contributed by atoms with van der Waals surface area (Å²) in [5.74, 6) is -0.880.